The largest absolute Gasteiger partial charge is 0.455 e. The third kappa shape index (κ3) is 4.53. The molecule has 0 spiro atoms. The number of hydrogen-bond donors (Lipinski definition) is 0. The standard InChI is InChI=1S/C15H18ClNO3/c16-13-6-4-12(5-7-13)10-15(19)20-11-14(18)17-8-2-1-3-9-17/h4-7H,1-3,8-11H2. The molecule has 1 fully saturated rings. The van der Waals surface area contributed by atoms with Crippen LogP contribution in [-0.4, -0.2) is 36.5 Å². The molecule has 0 saturated carbocycles. The monoisotopic (exact) mass is 295 g/mol. The zero-order valence-corrected chi connectivity index (χ0v) is 12.1. The van der Waals surface area contributed by atoms with Gasteiger partial charge in [0.05, 0.1) is 6.42 Å². The quantitative estimate of drug-likeness (QED) is 0.802. The minimum Gasteiger partial charge on any atom is -0.455 e. The minimum absolute atomic E-state index is 0.103. The molecule has 5 heteroatoms. The summed E-state index contributed by atoms with van der Waals surface area (Å²) in [5.41, 5.74) is 0.824. The lowest BCUT2D eigenvalue weighted by Gasteiger charge is -2.26. The number of rotatable bonds is 4. The number of nitrogens with zero attached hydrogens (tertiary/aromatic N) is 1. The lowest BCUT2D eigenvalue weighted by Crippen LogP contribution is -2.38. The van der Waals surface area contributed by atoms with Gasteiger partial charge in [0.15, 0.2) is 6.61 Å². The zero-order chi connectivity index (χ0) is 14.4. The predicted molar refractivity (Wildman–Crippen MR) is 76.5 cm³/mol. The van der Waals surface area contributed by atoms with E-state index >= 15 is 0 Å². The van der Waals surface area contributed by atoms with E-state index in [-0.39, 0.29) is 18.9 Å². The molecule has 1 aliphatic rings. The van der Waals surface area contributed by atoms with E-state index in [1.54, 1.807) is 29.2 Å². The Hall–Kier alpha value is -1.55. The second-order valence-electron chi connectivity index (χ2n) is 4.91. The summed E-state index contributed by atoms with van der Waals surface area (Å²) in [4.78, 5) is 25.3. The van der Waals surface area contributed by atoms with Gasteiger partial charge < -0.3 is 9.64 Å². The molecule has 1 heterocycles. The van der Waals surface area contributed by atoms with Crippen LogP contribution in [-0.2, 0) is 20.7 Å². The Morgan fingerprint density at radius 2 is 1.75 bits per heavy atom. The Balaban J connectivity index is 1.74. The average molecular weight is 296 g/mol. The normalized spacial score (nSPS) is 14.9. The number of piperidine rings is 1. The molecule has 0 bridgehead atoms. The molecule has 1 aromatic carbocycles. The SMILES string of the molecule is O=C(Cc1ccc(Cl)cc1)OCC(=O)N1CCCCC1. The number of carbonyl (C=O) groups excluding carboxylic acids is 2. The van der Waals surface area contributed by atoms with Gasteiger partial charge in [-0.05, 0) is 37.0 Å². The third-order valence-electron chi connectivity index (χ3n) is 3.33. The maximum atomic E-state index is 11.8. The van der Waals surface area contributed by atoms with Gasteiger partial charge in [-0.15, -0.1) is 0 Å². The Kier molecular flexibility index (Phi) is 5.41. The first-order valence-electron chi connectivity index (χ1n) is 6.83. The fraction of sp³-hybridized carbons (Fsp3) is 0.467. The van der Waals surface area contributed by atoms with E-state index in [9.17, 15) is 9.59 Å². The Morgan fingerprint density at radius 3 is 2.40 bits per heavy atom. The van der Waals surface area contributed by atoms with Crippen LogP contribution in [0.5, 0.6) is 0 Å². The molecule has 0 N–H and O–H groups in total. The molecule has 0 unspecified atom stereocenters. The average Bonchev–Trinajstić information content (AvgIpc) is 2.48. The van der Waals surface area contributed by atoms with Gasteiger partial charge in [0.1, 0.15) is 0 Å². The molecule has 4 nitrogen and oxygen atoms in total. The molecule has 20 heavy (non-hydrogen) atoms. The van der Waals surface area contributed by atoms with E-state index in [0.29, 0.717) is 5.02 Å². The number of esters is 1. The van der Waals surface area contributed by atoms with Crippen molar-refractivity contribution in [2.24, 2.45) is 0 Å². The fourth-order valence-electron chi connectivity index (χ4n) is 2.20. The molecule has 0 aromatic heterocycles. The molecular formula is C15H18ClNO3. The first-order chi connectivity index (χ1) is 9.65. The van der Waals surface area contributed by atoms with Crippen LogP contribution in [0.3, 0.4) is 0 Å². The van der Waals surface area contributed by atoms with Crippen molar-refractivity contribution >= 4 is 23.5 Å². The van der Waals surface area contributed by atoms with Gasteiger partial charge in [0, 0.05) is 18.1 Å². The van der Waals surface area contributed by atoms with Crippen molar-refractivity contribution in [3.8, 4) is 0 Å². The van der Waals surface area contributed by atoms with Crippen molar-refractivity contribution in [1.82, 2.24) is 4.90 Å². The van der Waals surface area contributed by atoms with E-state index in [1.165, 1.54) is 6.42 Å². The van der Waals surface area contributed by atoms with Crippen molar-refractivity contribution < 1.29 is 14.3 Å². The summed E-state index contributed by atoms with van der Waals surface area (Å²) < 4.78 is 5.03. The second-order valence-corrected chi connectivity index (χ2v) is 5.34. The molecule has 1 aliphatic heterocycles. The molecule has 0 aliphatic carbocycles. The highest BCUT2D eigenvalue weighted by Crippen LogP contribution is 2.11. The van der Waals surface area contributed by atoms with Crippen LogP contribution in [0.4, 0.5) is 0 Å². The van der Waals surface area contributed by atoms with E-state index in [4.69, 9.17) is 16.3 Å². The van der Waals surface area contributed by atoms with Crippen LogP contribution in [0, 0.1) is 0 Å². The fourth-order valence-corrected chi connectivity index (χ4v) is 2.32. The van der Waals surface area contributed by atoms with Crippen LogP contribution >= 0.6 is 11.6 Å². The van der Waals surface area contributed by atoms with Crippen LogP contribution in [0.25, 0.3) is 0 Å². The zero-order valence-electron chi connectivity index (χ0n) is 11.3. The lowest BCUT2D eigenvalue weighted by atomic mass is 10.1. The molecular weight excluding hydrogens is 278 g/mol. The lowest BCUT2D eigenvalue weighted by molar-refractivity contribution is -0.151. The van der Waals surface area contributed by atoms with Gasteiger partial charge in [0.2, 0.25) is 0 Å². The van der Waals surface area contributed by atoms with Gasteiger partial charge in [0.25, 0.3) is 5.91 Å². The van der Waals surface area contributed by atoms with Crippen molar-refractivity contribution in [2.45, 2.75) is 25.7 Å². The number of amides is 1. The molecule has 108 valence electrons. The second kappa shape index (κ2) is 7.29. The van der Waals surface area contributed by atoms with Crippen LogP contribution in [0.1, 0.15) is 24.8 Å². The first-order valence-corrected chi connectivity index (χ1v) is 7.21. The smallest absolute Gasteiger partial charge is 0.310 e. The molecule has 1 saturated heterocycles. The van der Waals surface area contributed by atoms with E-state index < -0.39 is 5.97 Å². The maximum Gasteiger partial charge on any atom is 0.310 e. The van der Waals surface area contributed by atoms with Gasteiger partial charge in [-0.1, -0.05) is 23.7 Å². The predicted octanol–water partition coefficient (Wildman–Crippen LogP) is 2.44. The molecule has 0 atom stereocenters. The van der Waals surface area contributed by atoms with Crippen LogP contribution < -0.4 is 0 Å². The highest BCUT2D eigenvalue weighted by Gasteiger charge is 2.17. The molecule has 1 aromatic rings. The van der Waals surface area contributed by atoms with Gasteiger partial charge in [-0.2, -0.15) is 0 Å². The summed E-state index contributed by atoms with van der Waals surface area (Å²) in [6.45, 7) is 1.38. The van der Waals surface area contributed by atoms with Crippen molar-refractivity contribution in [3.63, 3.8) is 0 Å². The van der Waals surface area contributed by atoms with Crippen molar-refractivity contribution in [2.75, 3.05) is 19.7 Å². The minimum atomic E-state index is -0.391. The topological polar surface area (TPSA) is 46.6 Å². The van der Waals surface area contributed by atoms with E-state index in [0.717, 1.165) is 31.5 Å². The number of carbonyl (C=O) groups is 2. The maximum absolute atomic E-state index is 11.8. The highest BCUT2D eigenvalue weighted by atomic mass is 35.5. The van der Waals surface area contributed by atoms with Crippen LogP contribution in [0.2, 0.25) is 5.02 Å². The molecule has 1 amide bonds. The number of benzene rings is 1. The summed E-state index contributed by atoms with van der Waals surface area (Å²) in [5.74, 6) is -0.494. The summed E-state index contributed by atoms with van der Waals surface area (Å²) in [6.07, 6.45) is 3.39. The van der Waals surface area contributed by atoms with Gasteiger partial charge in [-0.25, -0.2) is 0 Å². The molecule has 2 rings (SSSR count). The number of likely N-dealkylation sites (tertiary alicyclic amines) is 1. The first kappa shape index (κ1) is 14.9. The summed E-state index contributed by atoms with van der Waals surface area (Å²) >= 11 is 5.77. The van der Waals surface area contributed by atoms with E-state index in [2.05, 4.69) is 0 Å². The van der Waals surface area contributed by atoms with Crippen molar-refractivity contribution in [1.29, 1.82) is 0 Å². The summed E-state index contributed by atoms with van der Waals surface area (Å²) in [5, 5.41) is 0.627. The Morgan fingerprint density at radius 1 is 1.10 bits per heavy atom. The van der Waals surface area contributed by atoms with Gasteiger partial charge in [-0.3, -0.25) is 9.59 Å². The molecule has 0 radical (unpaired) electrons. The van der Waals surface area contributed by atoms with Gasteiger partial charge >= 0.3 is 5.97 Å². The number of ether oxygens (including phenoxy) is 1. The Labute approximate surface area is 123 Å². The van der Waals surface area contributed by atoms with E-state index in [1.807, 2.05) is 0 Å². The number of halogens is 1. The van der Waals surface area contributed by atoms with Crippen LogP contribution in [0.15, 0.2) is 24.3 Å². The van der Waals surface area contributed by atoms with Crippen molar-refractivity contribution in [3.05, 3.63) is 34.9 Å². The summed E-state index contributed by atoms with van der Waals surface area (Å²) in [6, 6.07) is 7.00. The third-order valence-corrected chi connectivity index (χ3v) is 3.58. The summed E-state index contributed by atoms with van der Waals surface area (Å²) in [7, 11) is 0. The Bertz CT molecular complexity index is 467. The number of hydrogen-bond acceptors (Lipinski definition) is 3. The highest BCUT2D eigenvalue weighted by molar-refractivity contribution is 6.30.